The van der Waals surface area contributed by atoms with Gasteiger partial charge in [-0.15, -0.1) is 0 Å². The highest BCUT2D eigenvalue weighted by atomic mass is 16.7. The number of esters is 2. The van der Waals surface area contributed by atoms with Gasteiger partial charge in [-0.1, -0.05) is 32.0 Å². The number of Topliss-reactive ketones (excluding diaryl/α,β-unsaturated/α-hetero) is 1. The molecular weight excluding hydrogens is 720 g/mol. The summed E-state index contributed by atoms with van der Waals surface area (Å²) in [5.74, 6) is -2.31. The van der Waals surface area contributed by atoms with Crippen LogP contribution in [0, 0.1) is 23.2 Å². The number of carbonyl (C=O) groups is 4. The van der Waals surface area contributed by atoms with E-state index in [1.807, 2.05) is 71.7 Å². The van der Waals surface area contributed by atoms with Crippen molar-refractivity contribution in [2.24, 2.45) is 23.2 Å². The van der Waals surface area contributed by atoms with E-state index in [4.69, 9.17) is 28.4 Å². The van der Waals surface area contributed by atoms with E-state index < -0.39 is 59.1 Å². The molecule has 4 rings (SSSR count). The van der Waals surface area contributed by atoms with Gasteiger partial charge in [-0.05, 0) is 113 Å². The molecule has 10 atom stereocenters. The fourth-order valence-corrected chi connectivity index (χ4v) is 8.57. The van der Waals surface area contributed by atoms with E-state index in [1.165, 1.54) is 0 Å². The Morgan fingerprint density at radius 1 is 1.02 bits per heavy atom. The number of nitrogens with one attached hydrogen (secondary N) is 1. The van der Waals surface area contributed by atoms with Crippen molar-refractivity contribution in [1.29, 1.82) is 0 Å². The fraction of sp³-hybridized carbons (Fsp3) is 0.762. The van der Waals surface area contributed by atoms with Crippen molar-refractivity contribution in [3.8, 4) is 0 Å². The molecule has 0 radical (unpaired) electrons. The lowest BCUT2D eigenvalue weighted by atomic mass is 9.74. The molecule has 316 valence electrons. The summed E-state index contributed by atoms with van der Waals surface area (Å²) in [5, 5.41) is 1.84. The average molecular weight is 789 g/mol. The van der Waals surface area contributed by atoms with Crippen molar-refractivity contribution in [1.82, 2.24) is 20.2 Å². The largest absolute Gasteiger partial charge is 0.463 e. The number of hydrazine groups is 1. The zero-order valence-corrected chi connectivity index (χ0v) is 36.0. The van der Waals surface area contributed by atoms with Crippen molar-refractivity contribution in [2.45, 2.75) is 129 Å². The first-order valence-corrected chi connectivity index (χ1v) is 20.0. The minimum atomic E-state index is -1.54. The molecule has 0 saturated carbocycles. The van der Waals surface area contributed by atoms with Crippen LogP contribution in [0.25, 0.3) is 0 Å². The number of ether oxygens (including phenoxy) is 6. The molecule has 56 heavy (non-hydrogen) atoms. The lowest BCUT2D eigenvalue weighted by Crippen LogP contribution is -2.60. The predicted octanol–water partition coefficient (Wildman–Crippen LogP) is 4.94. The van der Waals surface area contributed by atoms with Crippen LogP contribution in [-0.4, -0.2) is 141 Å². The van der Waals surface area contributed by atoms with Gasteiger partial charge < -0.3 is 33.3 Å². The van der Waals surface area contributed by atoms with Crippen LogP contribution >= 0.6 is 0 Å². The molecule has 1 unspecified atom stereocenters. The van der Waals surface area contributed by atoms with Crippen LogP contribution < -0.4 is 5.43 Å². The van der Waals surface area contributed by atoms with Gasteiger partial charge in [0.05, 0.1) is 29.4 Å². The van der Waals surface area contributed by atoms with Crippen LogP contribution in [0.2, 0.25) is 0 Å². The summed E-state index contributed by atoms with van der Waals surface area (Å²) in [6, 6.07) is 8.32. The monoisotopic (exact) mass is 788 g/mol. The van der Waals surface area contributed by atoms with Gasteiger partial charge in [0, 0.05) is 38.7 Å². The third-order valence-electron chi connectivity index (χ3n) is 11.6. The van der Waals surface area contributed by atoms with Crippen LogP contribution in [0.3, 0.4) is 0 Å². The molecule has 1 amide bonds. The van der Waals surface area contributed by atoms with Gasteiger partial charge in [0.25, 0.3) is 0 Å². The number of amides is 1. The molecule has 3 aliphatic rings. The second-order valence-electron chi connectivity index (χ2n) is 18.2. The summed E-state index contributed by atoms with van der Waals surface area (Å²) in [6.07, 6.45) is -1.77. The summed E-state index contributed by atoms with van der Waals surface area (Å²) in [7, 11) is 7.47. The molecule has 3 heterocycles. The summed E-state index contributed by atoms with van der Waals surface area (Å²) in [5.41, 5.74) is 0.0407. The molecule has 1 aromatic rings. The number of hydrogen-bond donors (Lipinski definition) is 1. The van der Waals surface area contributed by atoms with Gasteiger partial charge >= 0.3 is 18.0 Å². The zero-order valence-electron chi connectivity index (χ0n) is 36.0. The van der Waals surface area contributed by atoms with Crippen LogP contribution in [0.1, 0.15) is 91.9 Å². The van der Waals surface area contributed by atoms with Crippen molar-refractivity contribution in [3.05, 3.63) is 35.9 Å². The maximum atomic E-state index is 14.6. The highest BCUT2D eigenvalue weighted by Gasteiger charge is 2.52. The van der Waals surface area contributed by atoms with Crippen molar-refractivity contribution >= 4 is 23.8 Å². The molecular formula is C42H68N4O10. The number of nitrogens with zero attached hydrogens (tertiary/aromatic N) is 3. The van der Waals surface area contributed by atoms with Crippen LogP contribution in [0.15, 0.2) is 30.3 Å². The number of hydrogen-bond acceptors (Lipinski definition) is 13. The lowest BCUT2D eigenvalue weighted by Gasteiger charge is -2.48. The Bertz CT molecular complexity index is 1500. The van der Waals surface area contributed by atoms with Gasteiger partial charge in [-0.3, -0.25) is 19.9 Å². The van der Waals surface area contributed by atoms with Crippen LogP contribution in [-0.2, 0) is 38.0 Å². The molecule has 0 spiro atoms. The minimum Gasteiger partial charge on any atom is -0.463 e. The maximum absolute atomic E-state index is 14.6. The standard InChI is InChI=1S/C42H68N4O10/c1-26-22-42(9,51-13)35(55-37-33(31(44(10)11)21-27(2)53-37)54-36(48)29-17-15-14-16-18-29)28(3)34(47)41(7,8)38(49)52-25-32(45(12)23-26)30-19-20-46(24-30)43-39(50)56-40(4,5)6/h14-18,26-28,30-33,35,37H,19-25H2,1-13H3,(H,43,50)/t26-,27-,28+,30?,31+,32+,33-,35-,37+,42-/m1/s1. The molecule has 3 fully saturated rings. The first-order chi connectivity index (χ1) is 26.1. The SMILES string of the molecule is CO[C@]1(C)C[C@@H](C)CN(C)[C@H](C2CCN(NC(=O)OC(C)(C)C)C2)COC(=O)C(C)(C)C(=O)[C@H](C)[C@H]1O[C@@H]1O[C@H](C)C[C@H](N(C)C)[C@H]1OC(=O)c1ccccc1. The minimum absolute atomic E-state index is 0.0233. The molecule has 1 N–H and O–H groups in total. The summed E-state index contributed by atoms with van der Waals surface area (Å²) < 4.78 is 37.4. The lowest BCUT2D eigenvalue weighted by molar-refractivity contribution is -0.295. The van der Waals surface area contributed by atoms with E-state index in [9.17, 15) is 19.2 Å². The fourth-order valence-electron chi connectivity index (χ4n) is 8.57. The topological polar surface area (TPSA) is 145 Å². The molecule has 0 aliphatic carbocycles. The Morgan fingerprint density at radius 2 is 1.68 bits per heavy atom. The van der Waals surface area contributed by atoms with Gasteiger partial charge in [0.1, 0.15) is 17.6 Å². The Hall–Kier alpha value is -3.14. The number of carbonyl (C=O) groups excluding carboxylic acids is 4. The summed E-state index contributed by atoms with van der Waals surface area (Å²) >= 11 is 0. The normalized spacial score (nSPS) is 34.1. The summed E-state index contributed by atoms with van der Waals surface area (Å²) in [6.45, 7) is 18.2. The molecule has 3 saturated heterocycles. The Balaban J connectivity index is 1.65. The summed E-state index contributed by atoms with van der Waals surface area (Å²) in [4.78, 5) is 58.8. The van der Waals surface area contributed by atoms with Gasteiger partial charge in [-0.25, -0.2) is 14.6 Å². The van der Waals surface area contributed by atoms with Crippen LogP contribution in [0.5, 0.6) is 0 Å². The Morgan fingerprint density at radius 3 is 2.29 bits per heavy atom. The highest BCUT2D eigenvalue weighted by molar-refractivity contribution is 6.04. The molecule has 14 heteroatoms. The third-order valence-corrected chi connectivity index (χ3v) is 11.6. The Labute approximate surface area is 334 Å². The predicted molar refractivity (Wildman–Crippen MR) is 211 cm³/mol. The zero-order chi connectivity index (χ0) is 41.7. The second kappa shape index (κ2) is 18.6. The third kappa shape index (κ3) is 11.3. The van der Waals surface area contributed by atoms with E-state index in [0.717, 1.165) is 6.42 Å². The number of benzene rings is 1. The van der Waals surface area contributed by atoms with E-state index in [0.29, 0.717) is 38.0 Å². The first kappa shape index (κ1) is 45.6. The maximum Gasteiger partial charge on any atom is 0.422 e. The van der Waals surface area contributed by atoms with Gasteiger partial charge in [-0.2, -0.15) is 0 Å². The smallest absolute Gasteiger partial charge is 0.422 e. The number of methoxy groups -OCH3 is 1. The van der Waals surface area contributed by atoms with Gasteiger partial charge in [0.2, 0.25) is 0 Å². The number of likely N-dealkylation sites (N-methyl/N-ethyl adjacent to an activating group) is 2. The van der Waals surface area contributed by atoms with E-state index in [1.54, 1.807) is 52.1 Å². The average Bonchev–Trinajstić information content (AvgIpc) is 3.56. The Kier molecular flexibility index (Phi) is 15.2. The van der Waals surface area contributed by atoms with Crippen molar-refractivity contribution in [2.75, 3.05) is 54.5 Å². The molecule has 3 aliphatic heterocycles. The van der Waals surface area contributed by atoms with E-state index in [2.05, 4.69) is 17.2 Å². The quantitative estimate of drug-likeness (QED) is 0.216. The molecule has 14 nitrogen and oxygen atoms in total. The van der Waals surface area contributed by atoms with Gasteiger partial charge in [0.15, 0.2) is 18.2 Å². The molecule has 1 aromatic carbocycles. The van der Waals surface area contributed by atoms with E-state index in [-0.39, 0.29) is 42.4 Å². The second-order valence-corrected chi connectivity index (χ2v) is 18.2. The highest BCUT2D eigenvalue weighted by Crippen LogP contribution is 2.39. The number of cyclic esters (lactones) is 1. The molecule has 0 aromatic heterocycles. The number of ketones is 1. The van der Waals surface area contributed by atoms with E-state index >= 15 is 0 Å². The van der Waals surface area contributed by atoms with Crippen molar-refractivity contribution in [3.63, 3.8) is 0 Å². The van der Waals surface area contributed by atoms with Crippen LogP contribution in [0.4, 0.5) is 4.79 Å². The number of rotatable bonds is 8. The van der Waals surface area contributed by atoms with Crippen molar-refractivity contribution < 1.29 is 47.6 Å². The first-order valence-electron chi connectivity index (χ1n) is 20.0. The molecule has 0 bridgehead atoms.